The molecule has 0 aromatic carbocycles. The lowest BCUT2D eigenvalue weighted by atomic mass is 10.2. The van der Waals surface area contributed by atoms with Gasteiger partial charge in [0, 0.05) is 40.0 Å². The summed E-state index contributed by atoms with van der Waals surface area (Å²) >= 11 is 0. The molecule has 0 bridgehead atoms. The number of nitrogens with zero attached hydrogens (tertiary/aromatic N) is 1. The van der Waals surface area contributed by atoms with E-state index in [2.05, 4.69) is 5.32 Å². The highest BCUT2D eigenvalue weighted by atomic mass is 16.6. The molecule has 3 N–H and O–H groups in total. The van der Waals surface area contributed by atoms with Crippen LogP contribution in [0, 0.1) is 0 Å². The summed E-state index contributed by atoms with van der Waals surface area (Å²) in [6.45, 7) is -0.137. The predicted molar refractivity (Wildman–Crippen MR) is 70.4 cm³/mol. The van der Waals surface area contributed by atoms with Crippen LogP contribution in [0.15, 0.2) is 12.3 Å². The van der Waals surface area contributed by atoms with Crippen molar-refractivity contribution in [2.45, 2.75) is 24.9 Å². The van der Waals surface area contributed by atoms with Gasteiger partial charge in [0.2, 0.25) is 12.3 Å². The van der Waals surface area contributed by atoms with Gasteiger partial charge in [0.15, 0.2) is 6.23 Å². The largest absolute Gasteiger partial charge is 0.400 e. The van der Waals surface area contributed by atoms with Crippen LogP contribution in [-0.4, -0.2) is 73.7 Å². The number of hydrogen-bond donors (Lipinski definition) is 3. The van der Waals surface area contributed by atoms with Gasteiger partial charge in [0.1, 0.15) is 6.10 Å². The number of carbonyl (C=O) groups is 2. The maximum Gasteiger partial charge on any atom is 0.245 e. The van der Waals surface area contributed by atoms with Gasteiger partial charge in [-0.25, -0.2) is 0 Å². The van der Waals surface area contributed by atoms with Crippen molar-refractivity contribution in [1.82, 2.24) is 10.2 Å². The Balaban J connectivity index is 0.00000172. The summed E-state index contributed by atoms with van der Waals surface area (Å²) in [7, 11) is 4.00. The standard InChI is InChI=1S/C11H18N2O5.CH4O/c1-12-10(16)3-4-13(7-15)11-9(17-2)5-8(6-14)18-11;1-2/h3-4,7-9,11,14H,5-6H2,1-2H3,(H,12,16);2H,1H3/b4-3-;. The average molecular weight is 290 g/mol. The van der Waals surface area contributed by atoms with E-state index in [4.69, 9.17) is 19.7 Å². The fourth-order valence-corrected chi connectivity index (χ4v) is 1.73. The zero-order chi connectivity index (χ0) is 15.5. The first-order valence-electron chi connectivity index (χ1n) is 6.02. The van der Waals surface area contributed by atoms with E-state index in [1.165, 1.54) is 31.3 Å². The molecule has 8 nitrogen and oxygen atoms in total. The van der Waals surface area contributed by atoms with Crippen LogP contribution in [0.5, 0.6) is 0 Å². The van der Waals surface area contributed by atoms with Crippen LogP contribution in [0.4, 0.5) is 0 Å². The zero-order valence-corrected chi connectivity index (χ0v) is 11.9. The first-order chi connectivity index (χ1) is 9.65. The van der Waals surface area contributed by atoms with Crippen molar-refractivity contribution >= 4 is 12.3 Å². The second kappa shape index (κ2) is 10.3. The van der Waals surface area contributed by atoms with Crippen molar-refractivity contribution in [3.8, 4) is 0 Å². The SMILES string of the molecule is CNC(=O)/C=C\N(C=O)C1OC(CO)CC1OC.CO. The molecule has 0 aromatic heterocycles. The molecule has 1 rings (SSSR count). The molecule has 0 radical (unpaired) electrons. The van der Waals surface area contributed by atoms with Crippen molar-refractivity contribution < 1.29 is 29.3 Å². The van der Waals surface area contributed by atoms with Crippen LogP contribution >= 0.6 is 0 Å². The van der Waals surface area contributed by atoms with Gasteiger partial charge in [-0.2, -0.15) is 0 Å². The summed E-state index contributed by atoms with van der Waals surface area (Å²) in [5.41, 5.74) is 0. The van der Waals surface area contributed by atoms with E-state index < -0.39 is 6.23 Å². The Kier molecular flexibility index (Phi) is 9.56. The van der Waals surface area contributed by atoms with Gasteiger partial charge in [-0.15, -0.1) is 0 Å². The molecule has 1 aliphatic rings. The van der Waals surface area contributed by atoms with Gasteiger partial charge in [0.25, 0.3) is 0 Å². The lowest BCUT2D eigenvalue weighted by molar-refractivity contribution is -0.134. The van der Waals surface area contributed by atoms with E-state index in [1.54, 1.807) is 0 Å². The monoisotopic (exact) mass is 290 g/mol. The summed E-state index contributed by atoms with van der Waals surface area (Å²) in [6.07, 6.45) is 2.26. The van der Waals surface area contributed by atoms with Crippen molar-refractivity contribution in [2.24, 2.45) is 0 Å². The maximum atomic E-state index is 11.1. The summed E-state index contributed by atoms with van der Waals surface area (Å²) in [6, 6.07) is 0. The molecule has 2 amide bonds. The molecule has 3 atom stereocenters. The third kappa shape index (κ3) is 5.25. The van der Waals surface area contributed by atoms with E-state index in [9.17, 15) is 9.59 Å². The third-order valence-electron chi connectivity index (χ3n) is 2.71. The van der Waals surface area contributed by atoms with Gasteiger partial charge in [-0.1, -0.05) is 0 Å². The van der Waals surface area contributed by atoms with Gasteiger partial charge in [-0.05, 0) is 0 Å². The molecule has 20 heavy (non-hydrogen) atoms. The molecule has 1 saturated heterocycles. The Bertz CT molecular complexity index is 323. The number of rotatable bonds is 6. The van der Waals surface area contributed by atoms with Crippen LogP contribution in [0.3, 0.4) is 0 Å². The average Bonchev–Trinajstić information content (AvgIpc) is 2.93. The lowest BCUT2D eigenvalue weighted by Crippen LogP contribution is -2.38. The quantitative estimate of drug-likeness (QED) is 0.403. The molecule has 1 aliphatic heterocycles. The fraction of sp³-hybridized carbons (Fsp3) is 0.667. The molecule has 1 heterocycles. The van der Waals surface area contributed by atoms with Crippen molar-refractivity contribution in [2.75, 3.05) is 27.9 Å². The van der Waals surface area contributed by atoms with Crippen molar-refractivity contribution in [3.63, 3.8) is 0 Å². The Morgan fingerprint density at radius 1 is 1.55 bits per heavy atom. The highest BCUT2D eigenvalue weighted by Crippen LogP contribution is 2.24. The maximum absolute atomic E-state index is 11.1. The normalized spacial score (nSPS) is 24.9. The minimum Gasteiger partial charge on any atom is -0.400 e. The molecule has 0 spiro atoms. The molecule has 0 aliphatic carbocycles. The first-order valence-corrected chi connectivity index (χ1v) is 6.02. The van der Waals surface area contributed by atoms with Gasteiger partial charge >= 0.3 is 0 Å². The van der Waals surface area contributed by atoms with Gasteiger partial charge in [0.05, 0.1) is 12.7 Å². The van der Waals surface area contributed by atoms with E-state index in [0.717, 1.165) is 7.11 Å². The second-order valence-electron chi connectivity index (χ2n) is 3.82. The number of aliphatic hydroxyl groups excluding tert-OH is 2. The Morgan fingerprint density at radius 2 is 2.20 bits per heavy atom. The van der Waals surface area contributed by atoms with Crippen LogP contribution in [-0.2, 0) is 19.1 Å². The summed E-state index contributed by atoms with van der Waals surface area (Å²) in [5, 5.41) is 18.4. The number of nitrogens with one attached hydrogen (secondary N) is 1. The molecule has 0 saturated carbocycles. The van der Waals surface area contributed by atoms with Gasteiger partial charge in [-0.3, -0.25) is 14.5 Å². The van der Waals surface area contributed by atoms with Crippen LogP contribution < -0.4 is 5.32 Å². The molecule has 1 fully saturated rings. The predicted octanol–water partition coefficient (Wildman–Crippen LogP) is -1.56. The fourth-order valence-electron chi connectivity index (χ4n) is 1.73. The Hall–Kier alpha value is -1.48. The van der Waals surface area contributed by atoms with E-state index >= 15 is 0 Å². The number of amides is 2. The number of hydrogen-bond acceptors (Lipinski definition) is 6. The second-order valence-corrected chi connectivity index (χ2v) is 3.82. The Morgan fingerprint density at radius 3 is 2.65 bits per heavy atom. The minimum atomic E-state index is -0.634. The number of carbonyl (C=O) groups excluding carboxylic acids is 2. The highest BCUT2D eigenvalue weighted by molar-refractivity contribution is 5.87. The summed E-state index contributed by atoms with van der Waals surface area (Å²) in [4.78, 5) is 23.3. The van der Waals surface area contributed by atoms with Crippen LogP contribution in [0.25, 0.3) is 0 Å². The Labute approximate surface area is 118 Å². The van der Waals surface area contributed by atoms with Crippen LogP contribution in [0.1, 0.15) is 6.42 Å². The molecule has 8 heteroatoms. The zero-order valence-electron chi connectivity index (χ0n) is 11.9. The number of aliphatic hydroxyl groups is 2. The molecule has 0 aromatic rings. The van der Waals surface area contributed by atoms with E-state index in [0.29, 0.717) is 12.8 Å². The number of ether oxygens (including phenoxy) is 2. The molecule has 116 valence electrons. The summed E-state index contributed by atoms with van der Waals surface area (Å²) < 4.78 is 10.7. The third-order valence-corrected chi connectivity index (χ3v) is 2.71. The van der Waals surface area contributed by atoms with E-state index in [1.807, 2.05) is 0 Å². The van der Waals surface area contributed by atoms with Crippen molar-refractivity contribution in [1.29, 1.82) is 0 Å². The highest BCUT2D eigenvalue weighted by Gasteiger charge is 2.38. The van der Waals surface area contributed by atoms with Crippen LogP contribution in [0.2, 0.25) is 0 Å². The summed E-state index contributed by atoms with van der Waals surface area (Å²) in [5.74, 6) is -0.326. The first kappa shape index (κ1) is 18.5. The molecular weight excluding hydrogens is 268 g/mol. The molecular formula is C12H22N2O6. The topological polar surface area (TPSA) is 108 Å². The van der Waals surface area contributed by atoms with E-state index in [-0.39, 0.29) is 24.7 Å². The lowest BCUT2D eigenvalue weighted by Gasteiger charge is -2.24. The number of likely N-dealkylation sites (N-methyl/N-ethyl adjacent to an activating group) is 1. The van der Waals surface area contributed by atoms with Gasteiger partial charge < -0.3 is 25.0 Å². The minimum absolute atomic E-state index is 0.137. The smallest absolute Gasteiger partial charge is 0.245 e. The molecule has 3 unspecified atom stereocenters. The van der Waals surface area contributed by atoms with Crippen molar-refractivity contribution in [3.05, 3.63) is 12.3 Å². The number of methoxy groups -OCH3 is 1.